The van der Waals surface area contributed by atoms with Crippen molar-refractivity contribution in [3.63, 3.8) is 0 Å². The van der Waals surface area contributed by atoms with Crippen LogP contribution in [0.1, 0.15) is 29.7 Å². The summed E-state index contributed by atoms with van der Waals surface area (Å²) in [4.78, 5) is 19.5. The second kappa shape index (κ2) is 9.38. The number of guanidine groups is 1. The molecule has 6 heteroatoms. The number of nitrogens with one attached hydrogen (secondary N) is 2. The number of carbonyl (C=O) groups excluding carboxylic acids is 1. The number of thiophene rings is 1. The first-order valence-electron chi connectivity index (χ1n) is 9.12. The van der Waals surface area contributed by atoms with Crippen molar-refractivity contribution < 1.29 is 4.79 Å². The van der Waals surface area contributed by atoms with Crippen LogP contribution in [-0.4, -0.2) is 32.0 Å². The molecule has 138 valence electrons. The minimum Gasteiger partial charge on any atom is -0.356 e. The van der Waals surface area contributed by atoms with Gasteiger partial charge in [0.25, 0.3) is 0 Å². The Morgan fingerprint density at radius 1 is 1.19 bits per heavy atom. The highest BCUT2D eigenvalue weighted by Crippen LogP contribution is 2.21. The predicted octanol–water partition coefficient (Wildman–Crippen LogP) is 3.17. The van der Waals surface area contributed by atoms with Crippen LogP contribution in [0.25, 0.3) is 0 Å². The molecule has 2 N–H and O–H groups in total. The van der Waals surface area contributed by atoms with Crippen LogP contribution in [0.4, 0.5) is 5.69 Å². The molecule has 0 atom stereocenters. The van der Waals surface area contributed by atoms with Gasteiger partial charge in [0.1, 0.15) is 0 Å². The van der Waals surface area contributed by atoms with Crippen molar-refractivity contribution in [2.24, 2.45) is 4.99 Å². The highest BCUT2D eigenvalue weighted by atomic mass is 32.1. The fraction of sp³-hybridized carbons (Fsp3) is 0.400. The lowest BCUT2D eigenvalue weighted by atomic mass is 10.1. The molecule has 1 aliphatic heterocycles. The molecular formula is C20H26N4OS. The highest BCUT2D eigenvalue weighted by Gasteiger charge is 2.19. The lowest BCUT2D eigenvalue weighted by Gasteiger charge is -2.26. The summed E-state index contributed by atoms with van der Waals surface area (Å²) >= 11 is 1.78. The number of rotatable bonds is 6. The molecule has 1 aliphatic rings. The summed E-state index contributed by atoms with van der Waals surface area (Å²) in [6, 6.07) is 12.4. The fourth-order valence-electron chi connectivity index (χ4n) is 3.04. The van der Waals surface area contributed by atoms with E-state index in [0.717, 1.165) is 44.0 Å². The van der Waals surface area contributed by atoms with Gasteiger partial charge in [-0.25, -0.2) is 0 Å². The number of amides is 1. The van der Waals surface area contributed by atoms with Crippen molar-refractivity contribution in [1.82, 2.24) is 10.6 Å². The number of carbonyl (C=O) groups is 1. The molecule has 0 spiro atoms. The normalized spacial score (nSPS) is 15.2. The van der Waals surface area contributed by atoms with Crippen LogP contribution in [0.5, 0.6) is 0 Å². The topological polar surface area (TPSA) is 56.7 Å². The zero-order chi connectivity index (χ0) is 18.2. The number of hydrogen-bond donors (Lipinski definition) is 2. The number of anilines is 1. The number of benzene rings is 1. The summed E-state index contributed by atoms with van der Waals surface area (Å²) in [6.07, 6.45) is 3.76. The molecule has 3 rings (SSSR count). The van der Waals surface area contributed by atoms with Crippen molar-refractivity contribution in [2.45, 2.75) is 32.2 Å². The number of nitrogens with zero attached hydrogens (tertiary/aromatic N) is 2. The fourth-order valence-corrected chi connectivity index (χ4v) is 3.75. The van der Waals surface area contributed by atoms with E-state index in [1.165, 1.54) is 10.4 Å². The predicted molar refractivity (Wildman–Crippen MR) is 109 cm³/mol. The standard InChI is InChI=1S/C20H26N4OS/c1-21-20(22-12-11-18-5-4-14-26-18)23-15-16-7-9-17(10-8-16)24-13-3-2-6-19(24)25/h4-5,7-10,14H,2-3,6,11-13,15H2,1H3,(H2,21,22,23). The molecule has 0 radical (unpaired) electrons. The van der Waals surface area contributed by atoms with E-state index >= 15 is 0 Å². The molecule has 1 aromatic carbocycles. The quantitative estimate of drug-likeness (QED) is 0.607. The Labute approximate surface area is 159 Å². The molecule has 0 aliphatic carbocycles. The molecule has 0 bridgehead atoms. The Hall–Kier alpha value is -2.34. The first-order chi connectivity index (χ1) is 12.8. The van der Waals surface area contributed by atoms with Crippen molar-refractivity contribution >= 4 is 28.9 Å². The molecule has 0 saturated carbocycles. The third kappa shape index (κ3) is 5.08. The number of piperidine rings is 1. The second-order valence-electron chi connectivity index (χ2n) is 6.35. The van der Waals surface area contributed by atoms with Crippen molar-refractivity contribution in [3.05, 3.63) is 52.2 Å². The minimum absolute atomic E-state index is 0.234. The first kappa shape index (κ1) is 18.5. The van der Waals surface area contributed by atoms with Crippen LogP contribution >= 0.6 is 11.3 Å². The van der Waals surface area contributed by atoms with E-state index in [0.29, 0.717) is 13.0 Å². The van der Waals surface area contributed by atoms with E-state index in [-0.39, 0.29) is 5.91 Å². The molecule has 1 fully saturated rings. The van der Waals surface area contributed by atoms with E-state index in [1.807, 2.05) is 17.0 Å². The number of hydrogen-bond acceptors (Lipinski definition) is 3. The lowest BCUT2D eigenvalue weighted by molar-refractivity contribution is -0.119. The smallest absolute Gasteiger partial charge is 0.226 e. The Bertz CT molecular complexity index is 725. The van der Waals surface area contributed by atoms with E-state index in [9.17, 15) is 4.79 Å². The van der Waals surface area contributed by atoms with Gasteiger partial charge in [0.2, 0.25) is 5.91 Å². The summed E-state index contributed by atoms with van der Waals surface area (Å²) < 4.78 is 0. The van der Waals surface area contributed by atoms with Gasteiger partial charge in [-0.15, -0.1) is 11.3 Å². The summed E-state index contributed by atoms with van der Waals surface area (Å²) in [5, 5.41) is 8.78. The van der Waals surface area contributed by atoms with Crippen LogP contribution in [0.15, 0.2) is 46.8 Å². The summed E-state index contributed by atoms with van der Waals surface area (Å²) in [7, 11) is 1.78. The number of aliphatic imine (C=N–C) groups is 1. The van der Waals surface area contributed by atoms with Gasteiger partial charge in [-0.3, -0.25) is 9.79 Å². The van der Waals surface area contributed by atoms with Gasteiger partial charge in [-0.1, -0.05) is 18.2 Å². The molecule has 1 amide bonds. The molecule has 5 nitrogen and oxygen atoms in total. The van der Waals surface area contributed by atoms with Gasteiger partial charge < -0.3 is 15.5 Å². The van der Waals surface area contributed by atoms with Gasteiger partial charge >= 0.3 is 0 Å². The SMILES string of the molecule is CN=C(NCCc1cccs1)NCc1ccc(N2CCCCC2=O)cc1. The van der Waals surface area contributed by atoms with Crippen molar-refractivity contribution in [2.75, 3.05) is 25.0 Å². The van der Waals surface area contributed by atoms with Crippen LogP contribution < -0.4 is 15.5 Å². The maximum atomic E-state index is 12.0. The molecular weight excluding hydrogens is 344 g/mol. The monoisotopic (exact) mass is 370 g/mol. The van der Waals surface area contributed by atoms with Gasteiger partial charge in [0.15, 0.2) is 5.96 Å². The molecule has 2 aromatic rings. The van der Waals surface area contributed by atoms with E-state index < -0.39 is 0 Å². The average Bonchev–Trinajstić information content (AvgIpc) is 3.19. The molecule has 26 heavy (non-hydrogen) atoms. The Kier molecular flexibility index (Phi) is 6.66. The largest absolute Gasteiger partial charge is 0.356 e. The first-order valence-corrected chi connectivity index (χ1v) is 10.0. The van der Waals surface area contributed by atoms with Crippen LogP contribution in [0, 0.1) is 0 Å². The van der Waals surface area contributed by atoms with Crippen LogP contribution in [0.2, 0.25) is 0 Å². The van der Waals surface area contributed by atoms with Crippen LogP contribution in [0.3, 0.4) is 0 Å². The van der Waals surface area contributed by atoms with Gasteiger partial charge in [-0.05, 0) is 48.4 Å². The molecule has 1 saturated heterocycles. The zero-order valence-corrected chi connectivity index (χ0v) is 16.0. The summed E-state index contributed by atoms with van der Waals surface area (Å²) in [5.74, 6) is 1.04. The summed E-state index contributed by atoms with van der Waals surface area (Å²) in [5.41, 5.74) is 2.16. The van der Waals surface area contributed by atoms with Crippen molar-refractivity contribution in [3.8, 4) is 0 Å². The third-order valence-electron chi connectivity index (χ3n) is 4.50. The summed E-state index contributed by atoms with van der Waals surface area (Å²) in [6.45, 7) is 2.39. The van der Waals surface area contributed by atoms with Crippen molar-refractivity contribution in [1.29, 1.82) is 0 Å². The third-order valence-corrected chi connectivity index (χ3v) is 5.44. The maximum Gasteiger partial charge on any atom is 0.226 e. The average molecular weight is 371 g/mol. The Morgan fingerprint density at radius 3 is 2.73 bits per heavy atom. The van der Waals surface area contributed by atoms with Gasteiger partial charge in [0, 0.05) is 43.7 Å². The van der Waals surface area contributed by atoms with Gasteiger partial charge in [0.05, 0.1) is 0 Å². The van der Waals surface area contributed by atoms with E-state index in [4.69, 9.17) is 0 Å². The second-order valence-corrected chi connectivity index (χ2v) is 7.38. The maximum absolute atomic E-state index is 12.0. The van der Waals surface area contributed by atoms with E-state index in [1.54, 1.807) is 18.4 Å². The Morgan fingerprint density at radius 2 is 2.04 bits per heavy atom. The lowest BCUT2D eigenvalue weighted by Crippen LogP contribution is -2.37. The van der Waals surface area contributed by atoms with Gasteiger partial charge in [-0.2, -0.15) is 0 Å². The Balaban J connectivity index is 1.46. The van der Waals surface area contributed by atoms with Crippen LogP contribution in [-0.2, 0) is 17.8 Å². The molecule has 0 unspecified atom stereocenters. The highest BCUT2D eigenvalue weighted by molar-refractivity contribution is 7.09. The zero-order valence-electron chi connectivity index (χ0n) is 15.2. The molecule has 2 heterocycles. The molecule has 1 aromatic heterocycles. The minimum atomic E-state index is 0.234. The van der Waals surface area contributed by atoms with E-state index in [2.05, 4.69) is 45.3 Å².